The third kappa shape index (κ3) is 1.63. The number of aromatic nitrogens is 1. The second-order valence-electron chi connectivity index (χ2n) is 3.38. The lowest BCUT2D eigenvalue weighted by Gasteiger charge is -2.05. The summed E-state index contributed by atoms with van der Waals surface area (Å²) >= 11 is 0. The first-order chi connectivity index (χ1) is 7.24. The van der Waals surface area contributed by atoms with Gasteiger partial charge in [-0.1, -0.05) is 6.07 Å². The molecule has 0 fully saturated rings. The van der Waals surface area contributed by atoms with Crippen molar-refractivity contribution in [1.82, 2.24) is 4.98 Å². The molecule has 1 unspecified atom stereocenters. The highest BCUT2D eigenvalue weighted by molar-refractivity contribution is 6.11. The predicted octanol–water partition coefficient (Wildman–Crippen LogP) is 1.000. The van der Waals surface area contributed by atoms with Crippen LogP contribution in [0.1, 0.15) is 23.0 Å². The minimum atomic E-state index is -0.685. The number of carbonyl (C=O) groups excluding carboxylic acids is 2. The lowest BCUT2D eigenvalue weighted by atomic mass is 10.1. The van der Waals surface area contributed by atoms with Gasteiger partial charge >= 0.3 is 5.97 Å². The van der Waals surface area contributed by atoms with Crippen molar-refractivity contribution in [2.45, 2.75) is 13.3 Å². The van der Waals surface area contributed by atoms with E-state index in [1.54, 1.807) is 19.2 Å². The molecule has 1 atom stereocenters. The standard InChI is InChI=1S/C11H11NO3/c1-2-15-11(14)8-6-7-4-3-5-12-9(7)10(8)13/h3-5,8H,2,6H2,1H3. The molecule has 15 heavy (non-hydrogen) atoms. The van der Waals surface area contributed by atoms with Gasteiger partial charge in [0.15, 0.2) is 5.78 Å². The highest BCUT2D eigenvalue weighted by Crippen LogP contribution is 2.25. The third-order valence-electron chi connectivity index (χ3n) is 2.44. The van der Waals surface area contributed by atoms with Gasteiger partial charge in [-0.3, -0.25) is 14.6 Å². The number of carbonyl (C=O) groups is 2. The van der Waals surface area contributed by atoms with Crippen LogP contribution in [0.2, 0.25) is 0 Å². The van der Waals surface area contributed by atoms with E-state index < -0.39 is 11.9 Å². The third-order valence-corrected chi connectivity index (χ3v) is 2.44. The first-order valence-corrected chi connectivity index (χ1v) is 4.88. The molecule has 0 spiro atoms. The van der Waals surface area contributed by atoms with Crippen LogP contribution in [0.3, 0.4) is 0 Å². The largest absolute Gasteiger partial charge is 0.465 e. The number of rotatable bonds is 2. The molecule has 2 rings (SSSR count). The van der Waals surface area contributed by atoms with Crippen molar-refractivity contribution in [3.8, 4) is 0 Å². The monoisotopic (exact) mass is 205 g/mol. The molecule has 0 bridgehead atoms. The number of esters is 1. The summed E-state index contributed by atoms with van der Waals surface area (Å²) in [6.07, 6.45) is 1.98. The van der Waals surface area contributed by atoms with Crippen LogP contribution < -0.4 is 0 Å². The molecular formula is C11H11NO3. The van der Waals surface area contributed by atoms with Gasteiger partial charge < -0.3 is 4.74 Å². The Morgan fingerprint density at radius 1 is 1.67 bits per heavy atom. The lowest BCUT2D eigenvalue weighted by molar-refractivity contribution is -0.145. The molecule has 1 aromatic rings. The van der Waals surface area contributed by atoms with Gasteiger partial charge in [-0.05, 0) is 25.0 Å². The minimum absolute atomic E-state index is 0.218. The second kappa shape index (κ2) is 3.81. The van der Waals surface area contributed by atoms with Crippen LogP contribution in [0.25, 0.3) is 0 Å². The van der Waals surface area contributed by atoms with Crippen LogP contribution in [0.15, 0.2) is 18.3 Å². The fraction of sp³-hybridized carbons (Fsp3) is 0.364. The number of ether oxygens (including phenoxy) is 1. The van der Waals surface area contributed by atoms with Crippen LogP contribution in [-0.4, -0.2) is 23.3 Å². The maximum atomic E-state index is 11.7. The average Bonchev–Trinajstić information content (AvgIpc) is 2.57. The highest BCUT2D eigenvalue weighted by Gasteiger charge is 2.37. The molecule has 4 heteroatoms. The van der Waals surface area contributed by atoms with E-state index in [4.69, 9.17) is 4.74 Å². The van der Waals surface area contributed by atoms with Gasteiger partial charge in [0.05, 0.1) is 6.61 Å². The molecule has 1 aromatic heterocycles. The first-order valence-electron chi connectivity index (χ1n) is 4.88. The molecule has 1 aliphatic carbocycles. The van der Waals surface area contributed by atoms with Crippen LogP contribution in [-0.2, 0) is 16.0 Å². The van der Waals surface area contributed by atoms with E-state index in [0.29, 0.717) is 18.7 Å². The SMILES string of the molecule is CCOC(=O)C1Cc2cccnc2C1=O. The van der Waals surface area contributed by atoms with Crippen LogP contribution in [0.5, 0.6) is 0 Å². The Kier molecular flexibility index (Phi) is 2.49. The number of hydrogen-bond donors (Lipinski definition) is 0. The maximum Gasteiger partial charge on any atom is 0.317 e. The number of hydrogen-bond acceptors (Lipinski definition) is 4. The predicted molar refractivity (Wildman–Crippen MR) is 52.4 cm³/mol. The van der Waals surface area contributed by atoms with Gasteiger partial charge in [-0.25, -0.2) is 0 Å². The van der Waals surface area contributed by atoms with Crippen molar-refractivity contribution in [2.75, 3.05) is 6.61 Å². The molecule has 0 amide bonds. The number of Topliss-reactive ketones (excluding diaryl/α,β-unsaturated/α-hetero) is 1. The molecule has 0 N–H and O–H groups in total. The van der Waals surface area contributed by atoms with Gasteiger partial charge in [0, 0.05) is 6.20 Å². The Hall–Kier alpha value is -1.71. The van der Waals surface area contributed by atoms with Crippen molar-refractivity contribution in [2.24, 2.45) is 5.92 Å². The fourth-order valence-corrected chi connectivity index (χ4v) is 1.74. The summed E-state index contributed by atoms with van der Waals surface area (Å²) in [5.41, 5.74) is 1.25. The lowest BCUT2D eigenvalue weighted by Crippen LogP contribution is -2.23. The van der Waals surface area contributed by atoms with Crippen molar-refractivity contribution >= 4 is 11.8 Å². The van der Waals surface area contributed by atoms with E-state index in [-0.39, 0.29) is 5.78 Å². The van der Waals surface area contributed by atoms with Crippen molar-refractivity contribution < 1.29 is 14.3 Å². The van der Waals surface area contributed by atoms with Crippen LogP contribution in [0, 0.1) is 5.92 Å². The summed E-state index contributed by atoms with van der Waals surface area (Å²) in [6.45, 7) is 2.02. The van der Waals surface area contributed by atoms with Gasteiger partial charge in [0.2, 0.25) is 0 Å². The van der Waals surface area contributed by atoms with Gasteiger partial charge in [0.1, 0.15) is 11.6 Å². The number of fused-ring (bicyclic) bond motifs is 1. The summed E-state index contributed by atoms with van der Waals surface area (Å²) in [6, 6.07) is 3.58. The van der Waals surface area contributed by atoms with Crippen LogP contribution in [0.4, 0.5) is 0 Å². The number of ketones is 1. The summed E-state index contributed by atoms with van der Waals surface area (Å²) in [5.74, 6) is -1.35. The molecule has 78 valence electrons. The van der Waals surface area contributed by atoms with E-state index in [9.17, 15) is 9.59 Å². The summed E-state index contributed by atoms with van der Waals surface area (Å²) in [4.78, 5) is 27.2. The molecule has 0 radical (unpaired) electrons. The van der Waals surface area contributed by atoms with Gasteiger partial charge in [0.25, 0.3) is 0 Å². The van der Waals surface area contributed by atoms with Crippen molar-refractivity contribution in [1.29, 1.82) is 0 Å². The zero-order chi connectivity index (χ0) is 10.8. The summed E-state index contributed by atoms with van der Waals surface area (Å²) in [7, 11) is 0. The zero-order valence-electron chi connectivity index (χ0n) is 8.40. The fourth-order valence-electron chi connectivity index (χ4n) is 1.74. The van der Waals surface area contributed by atoms with E-state index in [2.05, 4.69) is 4.98 Å². The average molecular weight is 205 g/mol. The van der Waals surface area contributed by atoms with E-state index >= 15 is 0 Å². The Morgan fingerprint density at radius 3 is 3.13 bits per heavy atom. The first kappa shape index (κ1) is 9.83. The minimum Gasteiger partial charge on any atom is -0.465 e. The number of nitrogens with zero attached hydrogens (tertiary/aromatic N) is 1. The Bertz CT molecular complexity index is 414. The summed E-state index contributed by atoms with van der Waals surface area (Å²) < 4.78 is 4.84. The zero-order valence-corrected chi connectivity index (χ0v) is 8.40. The molecule has 0 aliphatic heterocycles. The summed E-state index contributed by atoms with van der Waals surface area (Å²) in [5, 5.41) is 0. The van der Waals surface area contributed by atoms with Gasteiger partial charge in [-0.15, -0.1) is 0 Å². The normalized spacial score (nSPS) is 18.7. The molecule has 0 saturated carbocycles. The molecule has 0 aromatic carbocycles. The Morgan fingerprint density at radius 2 is 2.47 bits per heavy atom. The van der Waals surface area contributed by atoms with Gasteiger partial charge in [-0.2, -0.15) is 0 Å². The Balaban J connectivity index is 2.24. The molecular weight excluding hydrogens is 194 g/mol. The second-order valence-corrected chi connectivity index (χ2v) is 3.38. The molecule has 4 nitrogen and oxygen atoms in total. The van der Waals surface area contributed by atoms with Crippen molar-refractivity contribution in [3.63, 3.8) is 0 Å². The topological polar surface area (TPSA) is 56.3 Å². The number of pyridine rings is 1. The molecule has 1 heterocycles. The highest BCUT2D eigenvalue weighted by atomic mass is 16.5. The van der Waals surface area contributed by atoms with Crippen LogP contribution >= 0.6 is 0 Å². The molecule has 0 saturated heterocycles. The van der Waals surface area contributed by atoms with Crippen molar-refractivity contribution in [3.05, 3.63) is 29.6 Å². The molecule has 1 aliphatic rings. The Labute approximate surface area is 87.3 Å². The van der Waals surface area contributed by atoms with E-state index in [1.165, 1.54) is 0 Å². The smallest absolute Gasteiger partial charge is 0.317 e. The quantitative estimate of drug-likeness (QED) is 0.534. The van der Waals surface area contributed by atoms with E-state index in [0.717, 1.165) is 5.56 Å². The van der Waals surface area contributed by atoms with E-state index in [1.807, 2.05) is 6.07 Å². The maximum absolute atomic E-state index is 11.7.